The molecule has 1 saturated carbocycles. The molecule has 0 saturated heterocycles. The van der Waals surface area contributed by atoms with Crippen molar-refractivity contribution >= 4 is 5.91 Å². The molecule has 1 fully saturated rings. The molecule has 0 radical (unpaired) electrons. The molecule has 1 unspecified atom stereocenters. The average molecular weight is 284 g/mol. The molecule has 4 heteroatoms. The Bertz CT molecular complexity index is 263. The molecule has 0 heterocycles. The van der Waals surface area contributed by atoms with Gasteiger partial charge in [0.1, 0.15) is 0 Å². The molecule has 1 amide bonds. The van der Waals surface area contributed by atoms with Crippen molar-refractivity contribution in [2.24, 2.45) is 5.92 Å². The normalized spacial score (nSPS) is 20.1. The second kappa shape index (κ2) is 10.2. The van der Waals surface area contributed by atoms with E-state index in [1.54, 1.807) is 7.11 Å². The number of rotatable bonds is 8. The van der Waals surface area contributed by atoms with E-state index in [-0.39, 0.29) is 11.9 Å². The lowest BCUT2D eigenvalue weighted by Gasteiger charge is -2.26. The third-order valence-electron chi connectivity index (χ3n) is 4.34. The molecule has 0 bridgehead atoms. The molecule has 0 spiro atoms. The first kappa shape index (κ1) is 17.4. The second-order valence-electron chi connectivity index (χ2n) is 6.07. The van der Waals surface area contributed by atoms with E-state index in [1.165, 1.54) is 38.5 Å². The quantitative estimate of drug-likeness (QED) is 0.532. The molecular weight excluding hydrogens is 252 g/mol. The first-order chi connectivity index (χ1) is 9.65. The van der Waals surface area contributed by atoms with Crippen LogP contribution in [-0.2, 0) is 9.53 Å². The molecule has 118 valence electrons. The van der Waals surface area contributed by atoms with Crippen molar-refractivity contribution in [1.82, 2.24) is 10.6 Å². The van der Waals surface area contributed by atoms with E-state index in [0.717, 1.165) is 12.3 Å². The van der Waals surface area contributed by atoms with Crippen molar-refractivity contribution in [2.45, 2.75) is 70.9 Å². The summed E-state index contributed by atoms with van der Waals surface area (Å²) in [5.74, 6) is 0.822. The van der Waals surface area contributed by atoms with E-state index >= 15 is 0 Å². The zero-order valence-electron chi connectivity index (χ0n) is 13.4. The second-order valence-corrected chi connectivity index (χ2v) is 6.07. The maximum Gasteiger partial charge on any atom is 0.236 e. The summed E-state index contributed by atoms with van der Waals surface area (Å²) in [5, 5.41) is 6.43. The molecular formula is C16H32N2O2. The Kier molecular flexibility index (Phi) is 8.86. The summed E-state index contributed by atoms with van der Waals surface area (Å²) in [4.78, 5) is 12.0. The van der Waals surface area contributed by atoms with Crippen LogP contribution in [0.5, 0.6) is 0 Å². The van der Waals surface area contributed by atoms with Gasteiger partial charge in [-0.3, -0.25) is 4.79 Å². The van der Waals surface area contributed by atoms with Crippen molar-refractivity contribution in [3.8, 4) is 0 Å². The lowest BCUT2D eigenvalue weighted by molar-refractivity contribution is -0.123. The number of hydrogen-bond acceptors (Lipinski definition) is 3. The summed E-state index contributed by atoms with van der Waals surface area (Å²) in [5.41, 5.74) is 0. The monoisotopic (exact) mass is 284 g/mol. The third-order valence-corrected chi connectivity index (χ3v) is 4.34. The smallest absolute Gasteiger partial charge is 0.236 e. The highest BCUT2D eigenvalue weighted by atomic mass is 16.5. The first-order valence-electron chi connectivity index (χ1n) is 8.18. The number of ether oxygens (including phenoxy) is 1. The van der Waals surface area contributed by atoms with Crippen LogP contribution in [0.3, 0.4) is 0 Å². The van der Waals surface area contributed by atoms with Crippen molar-refractivity contribution in [3.63, 3.8) is 0 Å². The fourth-order valence-corrected chi connectivity index (χ4v) is 3.00. The van der Waals surface area contributed by atoms with Gasteiger partial charge in [0.15, 0.2) is 0 Å². The zero-order valence-corrected chi connectivity index (χ0v) is 13.4. The molecule has 0 aliphatic heterocycles. The summed E-state index contributed by atoms with van der Waals surface area (Å²) < 4.78 is 4.97. The molecule has 0 aromatic rings. The number of nitrogens with one attached hydrogen (secondary N) is 2. The summed E-state index contributed by atoms with van der Waals surface area (Å²) in [6, 6.07) is 0.309. The molecule has 20 heavy (non-hydrogen) atoms. The van der Waals surface area contributed by atoms with Gasteiger partial charge in [0.05, 0.1) is 6.04 Å². The maximum absolute atomic E-state index is 12.0. The Labute approximate surface area is 124 Å². The van der Waals surface area contributed by atoms with Crippen LogP contribution in [0.25, 0.3) is 0 Å². The van der Waals surface area contributed by atoms with Crippen molar-refractivity contribution in [3.05, 3.63) is 0 Å². The molecule has 2 N–H and O–H groups in total. The lowest BCUT2D eigenvalue weighted by Crippen LogP contribution is -2.48. The van der Waals surface area contributed by atoms with Crippen LogP contribution in [-0.4, -0.2) is 38.3 Å². The Morgan fingerprint density at radius 1 is 1.20 bits per heavy atom. The van der Waals surface area contributed by atoms with E-state index in [0.29, 0.717) is 19.2 Å². The van der Waals surface area contributed by atoms with E-state index in [9.17, 15) is 4.79 Å². The van der Waals surface area contributed by atoms with Crippen LogP contribution in [0.1, 0.15) is 58.8 Å². The first-order valence-corrected chi connectivity index (χ1v) is 8.18. The largest absolute Gasteiger partial charge is 0.385 e. The van der Waals surface area contributed by atoms with Gasteiger partial charge in [0.2, 0.25) is 5.91 Å². The van der Waals surface area contributed by atoms with Crippen LogP contribution in [0, 0.1) is 5.92 Å². The Hall–Kier alpha value is -0.610. The van der Waals surface area contributed by atoms with Crippen LogP contribution >= 0.6 is 0 Å². The Morgan fingerprint density at radius 3 is 2.45 bits per heavy atom. The summed E-state index contributed by atoms with van der Waals surface area (Å²) in [7, 11) is 1.68. The highest BCUT2D eigenvalue weighted by molar-refractivity contribution is 5.81. The van der Waals surface area contributed by atoms with E-state index in [4.69, 9.17) is 4.74 Å². The van der Waals surface area contributed by atoms with Crippen molar-refractivity contribution < 1.29 is 9.53 Å². The van der Waals surface area contributed by atoms with Gasteiger partial charge >= 0.3 is 0 Å². The Morgan fingerprint density at radius 2 is 1.85 bits per heavy atom. The number of hydrogen-bond donors (Lipinski definition) is 2. The highest BCUT2D eigenvalue weighted by Gasteiger charge is 2.22. The van der Waals surface area contributed by atoms with Crippen molar-refractivity contribution in [2.75, 3.05) is 20.3 Å². The maximum atomic E-state index is 12.0. The number of amides is 1. The van der Waals surface area contributed by atoms with E-state index in [1.807, 2.05) is 6.92 Å². The minimum absolute atomic E-state index is 0.0987. The topological polar surface area (TPSA) is 50.4 Å². The van der Waals surface area contributed by atoms with Crippen LogP contribution in [0.2, 0.25) is 0 Å². The Balaban J connectivity index is 2.24. The predicted molar refractivity (Wildman–Crippen MR) is 82.8 cm³/mol. The molecule has 0 aromatic carbocycles. The molecule has 4 nitrogen and oxygen atoms in total. The summed E-state index contributed by atoms with van der Waals surface area (Å²) >= 11 is 0. The molecule has 0 aromatic heterocycles. The lowest BCUT2D eigenvalue weighted by atomic mass is 9.92. The summed E-state index contributed by atoms with van der Waals surface area (Å²) in [6.45, 7) is 5.57. The fraction of sp³-hybridized carbons (Fsp3) is 0.938. The number of carbonyl (C=O) groups excluding carboxylic acids is 1. The van der Waals surface area contributed by atoms with Crippen LogP contribution in [0.4, 0.5) is 0 Å². The summed E-state index contributed by atoms with van der Waals surface area (Å²) in [6.07, 6.45) is 8.90. The zero-order chi connectivity index (χ0) is 14.8. The number of methoxy groups -OCH3 is 1. The highest BCUT2D eigenvalue weighted by Crippen LogP contribution is 2.25. The fourth-order valence-electron chi connectivity index (χ4n) is 3.00. The molecule has 1 aliphatic rings. The van der Waals surface area contributed by atoms with Gasteiger partial charge in [-0.1, -0.05) is 25.7 Å². The van der Waals surface area contributed by atoms with Crippen LogP contribution < -0.4 is 10.6 Å². The SMILES string of the molecule is COCCCNC(=O)C(C)N[C@H](C)C1CCCCCC1. The van der Waals surface area contributed by atoms with Gasteiger partial charge in [-0.05, 0) is 39.0 Å². The standard InChI is InChI=1S/C16H32N2O2/c1-13(15-9-6-4-5-7-10-15)18-14(2)16(19)17-11-8-12-20-3/h13-15,18H,4-12H2,1-3H3,(H,17,19)/t13-,14?/m1/s1. The average Bonchev–Trinajstić information content (AvgIpc) is 2.72. The molecule has 1 aliphatic carbocycles. The predicted octanol–water partition coefficient (Wildman–Crippen LogP) is 2.48. The minimum atomic E-state index is -0.115. The van der Waals surface area contributed by atoms with Crippen LogP contribution in [0.15, 0.2) is 0 Å². The van der Waals surface area contributed by atoms with E-state index in [2.05, 4.69) is 17.6 Å². The van der Waals surface area contributed by atoms with Gasteiger partial charge in [-0.25, -0.2) is 0 Å². The van der Waals surface area contributed by atoms with Gasteiger partial charge in [-0.2, -0.15) is 0 Å². The van der Waals surface area contributed by atoms with Gasteiger partial charge in [0, 0.05) is 26.3 Å². The molecule has 2 atom stereocenters. The minimum Gasteiger partial charge on any atom is -0.385 e. The van der Waals surface area contributed by atoms with Gasteiger partial charge in [0.25, 0.3) is 0 Å². The molecule has 1 rings (SSSR count). The number of carbonyl (C=O) groups is 1. The third kappa shape index (κ3) is 6.71. The van der Waals surface area contributed by atoms with Crippen molar-refractivity contribution in [1.29, 1.82) is 0 Å². The van der Waals surface area contributed by atoms with E-state index < -0.39 is 0 Å². The van der Waals surface area contributed by atoms with Gasteiger partial charge < -0.3 is 15.4 Å². The van der Waals surface area contributed by atoms with Gasteiger partial charge in [-0.15, -0.1) is 0 Å².